The van der Waals surface area contributed by atoms with Crippen molar-refractivity contribution in [1.82, 2.24) is 10.2 Å². The van der Waals surface area contributed by atoms with E-state index in [2.05, 4.69) is 17.6 Å². The molecule has 0 spiro atoms. The number of hydrogen-bond donors (Lipinski definition) is 2. The van der Waals surface area contributed by atoms with Crippen LogP contribution in [0.5, 0.6) is 0 Å². The van der Waals surface area contributed by atoms with Crippen LogP contribution in [0.1, 0.15) is 33.2 Å². The van der Waals surface area contributed by atoms with Gasteiger partial charge in [0, 0.05) is 18.8 Å². The number of benzene rings is 2. The smallest absolute Gasteiger partial charge is 0.319 e. The van der Waals surface area contributed by atoms with Crippen molar-refractivity contribution in [3.05, 3.63) is 65.2 Å². The molecule has 1 aliphatic heterocycles. The molecular formula is C19H19N3O3. The van der Waals surface area contributed by atoms with Gasteiger partial charge in [-0.25, -0.2) is 4.79 Å². The normalized spacial score (nSPS) is 12.9. The number of carbonyl (C=O) groups is 3. The first kappa shape index (κ1) is 16.7. The van der Waals surface area contributed by atoms with Crippen molar-refractivity contribution in [1.29, 1.82) is 0 Å². The SMILES string of the molecule is CCc1ccc(NC(=O)NCCN2C(=O)c3ccccc3C2=O)cc1. The maximum absolute atomic E-state index is 12.2. The standard InChI is InChI=1S/C19H19N3O3/c1-2-13-7-9-14(10-8-13)21-19(25)20-11-12-22-17(23)15-5-3-4-6-16(15)18(22)24/h3-10H,2,11-12H2,1H3,(H2,20,21,25). The second kappa shape index (κ2) is 7.17. The Morgan fingerprint density at radius 1 is 0.960 bits per heavy atom. The molecular weight excluding hydrogens is 318 g/mol. The highest BCUT2D eigenvalue weighted by Crippen LogP contribution is 2.21. The van der Waals surface area contributed by atoms with Crippen LogP contribution in [0.15, 0.2) is 48.5 Å². The van der Waals surface area contributed by atoms with Crippen LogP contribution in [0.25, 0.3) is 0 Å². The summed E-state index contributed by atoms with van der Waals surface area (Å²) < 4.78 is 0. The molecule has 3 rings (SSSR count). The van der Waals surface area contributed by atoms with Crippen molar-refractivity contribution in [2.24, 2.45) is 0 Å². The van der Waals surface area contributed by atoms with E-state index in [9.17, 15) is 14.4 Å². The Hall–Kier alpha value is -3.15. The van der Waals surface area contributed by atoms with Crippen LogP contribution in [0.3, 0.4) is 0 Å². The number of rotatable bonds is 5. The van der Waals surface area contributed by atoms with E-state index in [0.717, 1.165) is 11.3 Å². The van der Waals surface area contributed by atoms with Crippen LogP contribution in [0.4, 0.5) is 10.5 Å². The van der Waals surface area contributed by atoms with Gasteiger partial charge in [-0.05, 0) is 36.2 Å². The number of amides is 4. The molecule has 1 aliphatic rings. The number of nitrogens with one attached hydrogen (secondary N) is 2. The molecule has 0 aromatic heterocycles. The molecule has 6 nitrogen and oxygen atoms in total. The molecule has 0 aliphatic carbocycles. The summed E-state index contributed by atoms with van der Waals surface area (Å²) >= 11 is 0. The average Bonchev–Trinajstić information content (AvgIpc) is 2.87. The molecule has 0 radical (unpaired) electrons. The predicted molar refractivity (Wildman–Crippen MR) is 94.7 cm³/mol. The van der Waals surface area contributed by atoms with E-state index in [1.807, 2.05) is 24.3 Å². The fourth-order valence-electron chi connectivity index (χ4n) is 2.72. The maximum atomic E-state index is 12.2. The number of fused-ring (bicyclic) bond motifs is 1. The van der Waals surface area contributed by atoms with Gasteiger partial charge in [0.15, 0.2) is 0 Å². The first-order valence-corrected chi connectivity index (χ1v) is 8.19. The number of hydrogen-bond acceptors (Lipinski definition) is 3. The van der Waals surface area contributed by atoms with Crippen LogP contribution < -0.4 is 10.6 Å². The van der Waals surface area contributed by atoms with Crippen molar-refractivity contribution < 1.29 is 14.4 Å². The van der Waals surface area contributed by atoms with Gasteiger partial charge in [-0.1, -0.05) is 31.2 Å². The topological polar surface area (TPSA) is 78.5 Å². The number of nitrogens with zero attached hydrogens (tertiary/aromatic N) is 1. The fraction of sp³-hybridized carbons (Fsp3) is 0.211. The summed E-state index contributed by atoms with van der Waals surface area (Å²) in [6.45, 7) is 2.38. The molecule has 6 heteroatoms. The minimum absolute atomic E-state index is 0.133. The van der Waals surface area contributed by atoms with E-state index < -0.39 is 0 Å². The van der Waals surface area contributed by atoms with Gasteiger partial charge in [0.25, 0.3) is 11.8 Å². The molecule has 2 aromatic carbocycles. The lowest BCUT2D eigenvalue weighted by Crippen LogP contribution is -2.39. The van der Waals surface area contributed by atoms with Crippen molar-refractivity contribution in [2.45, 2.75) is 13.3 Å². The third-order valence-electron chi connectivity index (χ3n) is 4.12. The monoisotopic (exact) mass is 337 g/mol. The molecule has 0 bridgehead atoms. The van der Waals surface area contributed by atoms with Gasteiger partial charge >= 0.3 is 6.03 Å². The third kappa shape index (κ3) is 3.52. The van der Waals surface area contributed by atoms with E-state index in [0.29, 0.717) is 16.8 Å². The Balaban J connectivity index is 1.50. The van der Waals surface area contributed by atoms with Crippen LogP contribution >= 0.6 is 0 Å². The Morgan fingerprint density at radius 2 is 1.56 bits per heavy atom. The van der Waals surface area contributed by atoms with Crippen molar-refractivity contribution in [3.63, 3.8) is 0 Å². The maximum Gasteiger partial charge on any atom is 0.319 e. The lowest BCUT2D eigenvalue weighted by atomic mass is 10.1. The Morgan fingerprint density at radius 3 is 2.12 bits per heavy atom. The molecule has 128 valence electrons. The zero-order valence-electron chi connectivity index (χ0n) is 13.9. The summed E-state index contributed by atoms with van der Waals surface area (Å²) in [6, 6.07) is 13.9. The number of urea groups is 1. The summed E-state index contributed by atoms with van der Waals surface area (Å²) in [6.07, 6.45) is 0.937. The molecule has 25 heavy (non-hydrogen) atoms. The summed E-state index contributed by atoms with van der Waals surface area (Å²) in [5.41, 5.74) is 2.70. The van der Waals surface area contributed by atoms with Crippen LogP contribution in [0, 0.1) is 0 Å². The summed E-state index contributed by atoms with van der Waals surface area (Å²) in [7, 11) is 0. The van der Waals surface area contributed by atoms with E-state index in [1.165, 1.54) is 5.56 Å². The van der Waals surface area contributed by atoms with Gasteiger partial charge in [-0.15, -0.1) is 0 Å². The number of imide groups is 1. The van der Waals surface area contributed by atoms with Gasteiger partial charge < -0.3 is 10.6 Å². The minimum Gasteiger partial charge on any atom is -0.336 e. The highest BCUT2D eigenvalue weighted by Gasteiger charge is 2.34. The van der Waals surface area contributed by atoms with Gasteiger partial charge in [0.2, 0.25) is 0 Å². The summed E-state index contributed by atoms with van der Waals surface area (Å²) in [5.74, 6) is -0.643. The van der Waals surface area contributed by atoms with Crippen molar-refractivity contribution in [2.75, 3.05) is 18.4 Å². The van der Waals surface area contributed by atoms with E-state index in [1.54, 1.807) is 24.3 Å². The first-order valence-electron chi connectivity index (χ1n) is 8.19. The van der Waals surface area contributed by atoms with Gasteiger partial charge in [0.1, 0.15) is 0 Å². The molecule has 1 heterocycles. The molecule has 0 saturated carbocycles. The fourth-order valence-corrected chi connectivity index (χ4v) is 2.72. The first-order chi connectivity index (χ1) is 12.1. The van der Waals surface area contributed by atoms with Crippen molar-refractivity contribution in [3.8, 4) is 0 Å². The molecule has 2 aromatic rings. The summed E-state index contributed by atoms with van der Waals surface area (Å²) in [5, 5.41) is 5.38. The Labute approximate surface area is 145 Å². The lowest BCUT2D eigenvalue weighted by Gasteiger charge is -2.14. The zero-order chi connectivity index (χ0) is 17.8. The van der Waals surface area contributed by atoms with E-state index in [-0.39, 0.29) is 30.9 Å². The molecule has 4 amide bonds. The molecule has 0 unspecified atom stereocenters. The quantitative estimate of drug-likeness (QED) is 0.823. The highest BCUT2D eigenvalue weighted by molar-refractivity contribution is 6.21. The molecule has 0 fully saturated rings. The molecule has 2 N–H and O–H groups in total. The second-order valence-corrected chi connectivity index (χ2v) is 5.74. The molecule has 0 atom stereocenters. The number of carbonyl (C=O) groups excluding carboxylic acids is 3. The Bertz CT molecular complexity index is 780. The largest absolute Gasteiger partial charge is 0.336 e. The third-order valence-corrected chi connectivity index (χ3v) is 4.12. The Kier molecular flexibility index (Phi) is 4.79. The van der Waals surface area contributed by atoms with Crippen LogP contribution in [-0.2, 0) is 6.42 Å². The molecule has 0 saturated heterocycles. The van der Waals surface area contributed by atoms with Crippen molar-refractivity contribution >= 4 is 23.5 Å². The van der Waals surface area contributed by atoms with Gasteiger partial charge in [0.05, 0.1) is 11.1 Å². The van der Waals surface area contributed by atoms with Gasteiger partial charge in [-0.3, -0.25) is 14.5 Å². The van der Waals surface area contributed by atoms with Crippen LogP contribution in [-0.4, -0.2) is 35.8 Å². The second-order valence-electron chi connectivity index (χ2n) is 5.74. The van der Waals surface area contributed by atoms with Gasteiger partial charge in [-0.2, -0.15) is 0 Å². The number of aryl methyl sites for hydroxylation is 1. The summed E-state index contributed by atoms with van der Waals surface area (Å²) in [4.78, 5) is 37.5. The van der Waals surface area contributed by atoms with E-state index in [4.69, 9.17) is 0 Å². The lowest BCUT2D eigenvalue weighted by molar-refractivity contribution is 0.0656. The van der Waals surface area contributed by atoms with Crippen LogP contribution in [0.2, 0.25) is 0 Å². The highest BCUT2D eigenvalue weighted by atomic mass is 16.2. The zero-order valence-corrected chi connectivity index (χ0v) is 13.9. The van der Waals surface area contributed by atoms with E-state index >= 15 is 0 Å². The number of anilines is 1. The average molecular weight is 337 g/mol. The predicted octanol–water partition coefficient (Wildman–Crippen LogP) is 2.67. The minimum atomic E-state index is -0.374.